The molecule has 92 valence electrons. The van der Waals surface area contributed by atoms with E-state index in [0.717, 1.165) is 12.3 Å². The summed E-state index contributed by atoms with van der Waals surface area (Å²) in [6.07, 6.45) is 3.53. The number of hydrogen-bond donors (Lipinski definition) is 0. The van der Waals surface area contributed by atoms with E-state index in [4.69, 9.17) is 4.74 Å². The third-order valence-corrected chi connectivity index (χ3v) is 2.47. The Kier molecular flexibility index (Phi) is 3.47. The lowest BCUT2D eigenvalue weighted by atomic mass is 10.4. The van der Waals surface area contributed by atoms with Gasteiger partial charge in [0, 0.05) is 12.1 Å². The van der Waals surface area contributed by atoms with Crippen LogP contribution in [0.25, 0.3) is 0 Å². The van der Waals surface area contributed by atoms with E-state index in [1.54, 1.807) is 0 Å². The normalized spacial score (nSPS) is 10.1. The Morgan fingerprint density at radius 2 is 2.00 bits per heavy atom. The maximum absolute atomic E-state index is 12.9. The minimum Gasteiger partial charge on any atom is -0.452 e. The lowest BCUT2D eigenvalue weighted by Crippen LogP contribution is -1.94. The lowest BCUT2D eigenvalue weighted by Gasteiger charge is -2.03. The van der Waals surface area contributed by atoms with Gasteiger partial charge in [0.05, 0.1) is 12.4 Å². The number of nitro groups is 1. The molecule has 0 N–H and O–H groups in total. The van der Waals surface area contributed by atoms with Gasteiger partial charge in [0.25, 0.3) is 0 Å². The lowest BCUT2D eigenvalue weighted by molar-refractivity contribution is -0.390. The van der Waals surface area contributed by atoms with Crippen LogP contribution in [0.1, 0.15) is 0 Å². The van der Waals surface area contributed by atoms with E-state index in [1.807, 2.05) is 0 Å². The zero-order valence-electron chi connectivity index (χ0n) is 8.71. The van der Waals surface area contributed by atoms with E-state index in [9.17, 15) is 14.5 Å². The van der Waals surface area contributed by atoms with Crippen molar-refractivity contribution >= 4 is 21.7 Å². The molecule has 0 aliphatic carbocycles. The van der Waals surface area contributed by atoms with Crippen molar-refractivity contribution in [3.05, 3.63) is 51.1 Å². The van der Waals surface area contributed by atoms with E-state index in [-0.39, 0.29) is 21.8 Å². The molecule has 0 spiro atoms. The molecule has 0 radical (unpaired) electrons. The molecule has 8 heteroatoms. The first-order valence-electron chi connectivity index (χ1n) is 4.64. The Morgan fingerprint density at radius 3 is 2.61 bits per heavy atom. The summed E-state index contributed by atoms with van der Waals surface area (Å²) < 4.78 is 18.3. The number of aromatic nitrogens is 2. The Labute approximate surface area is 109 Å². The molecule has 0 aromatic carbocycles. The van der Waals surface area contributed by atoms with Crippen LogP contribution in [-0.4, -0.2) is 14.9 Å². The van der Waals surface area contributed by atoms with Gasteiger partial charge in [0.2, 0.25) is 0 Å². The number of ether oxygens (including phenoxy) is 1. The third kappa shape index (κ3) is 2.77. The van der Waals surface area contributed by atoms with Crippen LogP contribution in [0.15, 0.2) is 35.2 Å². The van der Waals surface area contributed by atoms with Crippen LogP contribution in [0.5, 0.6) is 11.5 Å². The van der Waals surface area contributed by atoms with Crippen molar-refractivity contribution in [2.75, 3.05) is 0 Å². The van der Waals surface area contributed by atoms with Gasteiger partial charge in [-0.1, -0.05) is 0 Å². The van der Waals surface area contributed by atoms with Crippen LogP contribution in [0.4, 0.5) is 10.2 Å². The largest absolute Gasteiger partial charge is 0.452 e. The number of halogens is 2. The van der Waals surface area contributed by atoms with Crippen LogP contribution in [0.2, 0.25) is 0 Å². The molecule has 18 heavy (non-hydrogen) atoms. The van der Waals surface area contributed by atoms with E-state index < -0.39 is 10.7 Å². The summed E-state index contributed by atoms with van der Waals surface area (Å²) in [5, 5.41) is 10.5. The Bertz CT molecular complexity index is 609. The molecule has 0 unspecified atom stereocenters. The number of rotatable bonds is 3. The average Bonchev–Trinajstić information content (AvgIpc) is 2.28. The van der Waals surface area contributed by atoms with Gasteiger partial charge in [0.15, 0.2) is 11.9 Å². The number of hydrogen-bond acceptors (Lipinski definition) is 5. The summed E-state index contributed by atoms with van der Waals surface area (Å²) in [6.45, 7) is 0. The smallest absolute Gasteiger partial charge is 0.378 e. The van der Waals surface area contributed by atoms with Crippen molar-refractivity contribution in [3.63, 3.8) is 0 Å². The fourth-order valence-electron chi connectivity index (χ4n) is 1.19. The Balaban J connectivity index is 2.25. The minimum absolute atomic E-state index is 0.175. The number of pyridine rings is 2. The summed E-state index contributed by atoms with van der Waals surface area (Å²) in [5.74, 6) is -0.446. The highest BCUT2D eigenvalue weighted by atomic mass is 79.9. The molecule has 6 nitrogen and oxygen atoms in total. The molecule has 2 aromatic rings. The molecule has 0 saturated heterocycles. The molecule has 0 fully saturated rings. The molecule has 0 aliphatic rings. The maximum atomic E-state index is 12.9. The molecule has 2 rings (SSSR count). The predicted molar refractivity (Wildman–Crippen MR) is 62.9 cm³/mol. The fourth-order valence-corrected chi connectivity index (χ4v) is 1.66. The molecule has 2 aromatic heterocycles. The molecule has 0 amide bonds. The fraction of sp³-hybridized carbons (Fsp3) is 0. The van der Waals surface area contributed by atoms with Gasteiger partial charge in [-0.25, -0.2) is 4.39 Å². The minimum atomic E-state index is -0.627. The Hall–Kier alpha value is -2.09. The first-order chi connectivity index (χ1) is 8.56. The van der Waals surface area contributed by atoms with Crippen LogP contribution < -0.4 is 4.74 Å². The van der Waals surface area contributed by atoms with Crippen LogP contribution >= 0.6 is 15.9 Å². The second kappa shape index (κ2) is 5.05. The average molecular weight is 314 g/mol. The maximum Gasteiger partial charge on any atom is 0.378 e. The van der Waals surface area contributed by atoms with Crippen molar-refractivity contribution in [2.45, 2.75) is 0 Å². The van der Waals surface area contributed by atoms with Crippen molar-refractivity contribution in [1.29, 1.82) is 0 Å². The van der Waals surface area contributed by atoms with E-state index in [0.29, 0.717) is 0 Å². The highest BCUT2D eigenvalue weighted by Crippen LogP contribution is 2.28. The van der Waals surface area contributed by atoms with Crippen molar-refractivity contribution in [2.24, 2.45) is 0 Å². The summed E-state index contributed by atoms with van der Waals surface area (Å²) >= 11 is 3.00. The second-order valence-corrected chi connectivity index (χ2v) is 4.03. The van der Waals surface area contributed by atoms with E-state index >= 15 is 0 Å². The third-order valence-electron chi connectivity index (χ3n) is 1.89. The van der Waals surface area contributed by atoms with Crippen molar-refractivity contribution in [1.82, 2.24) is 9.97 Å². The molecule has 0 aliphatic heterocycles. The molecule has 0 saturated carbocycles. The van der Waals surface area contributed by atoms with Gasteiger partial charge in [-0.3, -0.25) is 4.98 Å². The van der Waals surface area contributed by atoms with Gasteiger partial charge < -0.3 is 14.9 Å². The van der Waals surface area contributed by atoms with Crippen LogP contribution in [0.3, 0.4) is 0 Å². The highest BCUT2D eigenvalue weighted by Gasteiger charge is 2.15. The predicted octanol–water partition coefficient (Wildman–Crippen LogP) is 3.08. The highest BCUT2D eigenvalue weighted by molar-refractivity contribution is 9.10. The van der Waals surface area contributed by atoms with Crippen LogP contribution in [0, 0.1) is 15.9 Å². The molecular formula is C10H5BrFN3O3. The summed E-state index contributed by atoms with van der Waals surface area (Å²) in [4.78, 5) is 17.1. The zero-order valence-corrected chi connectivity index (χ0v) is 10.3. The molecule has 2 heterocycles. The van der Waals surface area contributed by atoms with Gasteiger partial charge in [-0.15, -0.1) is 0 Å². The van der Waals surface area contributed by atoms with Gasteiger partial charge in [0.1, 0.15) is 16.0 Å². The molecule has 0 atom stereocenters. The summed E-state index contributed by atoms with van der Waals surface area (Å²) in [6, 6.07) is 2.51. The summed E-state index contributed by atoms with van der Waals surface area (Å²) in [5.41, 5.74) is 0. The van der Waals surface area contributed by atoms with Gasteiger partial charge in [-0.05, 0) is 25.8 Å². The number of nitrogens with zero attached hydrogens (tertiary/aromatic N) is 3. The monoisotopic (exact) mass is 313 g/mol. The second-order valence-electron chi connectivity index (χ2n) is 3.17. The Morgan fingerprint density at radius 1 is 1.28 bits per heavy atom. The summed E-state index contributed by atoms with van der Waals surface area (Å²) in [7, 11) is 0. The SMILES string of the molecule is O=[N+]([O-])c1ncc(Oc2cncc(F)c2)cc1Br. The topological polar surface area (TPSA) is 78.2 Å². The van der Waals surface area contributed by atoms with Gasteiger partial charge in [-0.2, -0.15) is 0 Å². The molecule has 0 bridgehead atoms. The molecular weight excluding hydrogens is 309 g/mol. The first kappa shape index (κ1) is 12.4. The van der Waals surface area contributed by atoms with E-state index in [2.05, 4.69) is 25.9 Å². The quantitative estimate of drug-likeness (QED) is 0.642. The standard InChI is InChI=1S/C10H5BrFN3O3/c11-9-2-8(5-14-10(9)15(16)17)18-7-1-6(12)3-13-4-7/h1-5H. The van der Waals surface area contributed by atoms with E-state index in [1.165, 1.54) is 18.5 Å². The van der Waals surface area contributed by atoms with Crippen molar-refractivity contribution < 1.29 is 14.1 Å². The zero-order chi connectivity index (χ0) is 13.1. The van der Waals surface area contributed by atoms with Crippen molar-refractivity contribution in [3.8, 4) is 11.5 Å². The first-order valence-corrected chi connectivity index (χ1v) is 5.44. The van der Waals surface area contributed by atoms with Gasteiger partial charge >= 0.3 is 5.82 Å². The van der Waals surface area contributed by atoms with Crippen LogP contribution in [-0.2, 0) is 0 Å².